The van der Waals surface area contributed by atoms with Crippen molar-refractivity contribution in [2.24, 2.45) is 0 Å². The number of halogens is 1. The van der Waals surface area contributed by atoms with Crippen LogP contribution in [-0.4, -0.2) is 9.97 Å². The lowest BCUT2D eigenvalue weighted by molar-refractivity contribution is 1.23. The van der Waals surface area contributed by atoms with Gasteiger partial charge in [-0.05, 0) is 36.4 Å². The molecule has 30 heavy (non-hydrogen) atoms. The Balaban J connectivity index is 1.64. The standard InChI is InChI=1S/C26H15BrN2S/c27-18-7-5-6-17(14-18)26-28-22-10-3-1-9-20(22)25(29-26)16-12-13-24-21(15-16)19-8-2-4-11-23(19)30-24/h1-15H. The summed E-state index contributed by atoms with van der Waals surface area (Å²) >= 11 is 5.40. The molecule has 6 aromatic rings. The van der Waals surface area contributed by atoms with Crippen LogP contribution in [0.5, 0.6) is 0 Å². The molecule has 0 saturated carbocycles. The molecule has 0 N–H and O–H groups in total. The van der Waals surface area contributed by atoms with E-state index < -0.39 is 0 Å². The first-order valence-corrected chi connectivity index (χ1v) is 11.3. The van der Waals surface area contributed by atoms with Crippen molar-refractivity contribution in [2.75, 3.05) is 0 Å². The van der Waals surface area contributed by atoms with Crippen molar-refractivity contribution >= 4 is 58.3 Å². The zero-order valence-corrected chi connectivity index (χ0v) is 18.2. The van der Waals surface area contributed by atoms with Gasteiger partial charge in [-0.15, -0.1) is 11.3 Å². The third kappa shape index (κ3) is 2.92. The van der Waals surface area contributed by atoms with E-state index in [4.69, 9.17) is 9.97 Å². The van der Waals surface area contributed by atoms with Gasteiger partial charge < -0.3 is 0 Å². The van der Waals surface area contributed by atoms with Crippen molar-refractivity contribution < 1.29 is 0 Å². The summed E-state index contributed by atoms with van der Waals surface area (Å²) in [7, 11) is 0. The SMILES string of the molecule is Brc1cccc(-c2nc(-c3ccc4sc5ccccc5c4c3)c3ccccc3n2)c1. The van der Waals surface area contributed by atoms with E-state index in [2.05, 4.69) is 76.6 Å². The number of fused-ring (bicyclic) bond motifs is 4. The molecule has 2 heterocycles. The molecule has 142 valence electrons. The zero-order valence-electron chi connectivity index (χ0n) is 15.8. The predicted octanol–water partition coefficient (Wildman–Crippen LogP) is 8.09. The van der Waals surface area contributed by atoms with E-state index >= 15 is 0 Å². The average Bonchev–Trinajstić information content (AvgIpc) is 3.16. The fraction of sp³-hybridized carbons (Fsp3) is 0. The molecule has 6 rings (SSSR count). The summed E-state index contributed by atoms with van der Waals surface area (Å²) in [6.45, 7) is 0. The maximum atomic E-state index is 5.03. The molecule has 4 heteroatoms. The molecule has 0 spiro atoms. The zero-order chi connectivity index (χ0) is 20.1. The van der Waals surface area contributed by atoms with Crippen LogP contribution in [0.4, 0.5) is 0 Å². The van der Waals surface area contributed by atoms with E-state index in [0.29, 0.717) is 0 Å². The monoisotopic (exact) mass is 466 g/mol. The molecule has 0 unspecified atom stereocenters. The number of benzene rings is 4. The first-order chi connectivity index (χ1) is 14.8. The van der Waals surface area contributed by atoms with Gasteiger partial charge >= 0.3 is 0 Å². The van der Waals surface area contributed by atoms with Crippen LogP contribution in [0, 0.1) is 0 Å². The lowest BCUT2D eigenvalue weighted by Crippen LogP contribution is -1.95. The number of thiophene rings is 1. The Hall–Kier alpha value is -3.08. The summed E-state index contributed by atoms with van der Waals surface area (Å²) in [5.74, 6) is 0.736. The van der Waals surface area contributed by atoms with E-state index in [-0.39, 0.29) is 0 Å². The van der Waals surface area contributed by atoms with Crippen molar-refractivity contribution in [1.29, 1.82) is 0 Å². The van der Waals surface area contributed by atoms with Gasteiger partial charge in [0.25, 0.3) is 0 Å². The molecule has 2 nitrogen and oxygen atoms in total. The van der Waals surface area contributed by atoms with Crippen LogP contribution in [0.3, 0.4) is 0 Å². The normalized spacial score (nSPS) is 11.5. The van der Waals surface area contributed by atoms with Gasteiger partial charge in [0.1, 0.15) is 0 Å². The Morgan fingerprint density at radius 2 is 1.40 bits per heavy atom. The molecule has 2 aromatic heterocycles. The van der Waals surface area contributed by atoms with Gasteiger partial charge in [-0.2, -0.15) is 0 Å². The summed E-state index contributed by atoms with van der Waals surface area (Å²) in [4.78, 5) is 9.87. The average molecular weight is 467 g/mol. The summed E-state index contributed by atoms with van der Waals surface area (Å²) in [6.07, 6.45) is 0. The Morgan fingerprint density at radius 1 is 0.600 bits per heavy atom. The second-order valence-corrected chi connectivity index (χ2v) is 9.23. The smallest absolute Gasteiger partial charge is 0.160 e. The molecular weight excluding hydrogens is 452 g/mol. The minimum Gasteiger partial charge on any atom is -0.228 e. The molecule has 0 bridgehead atoms. The van der Waals surface area contributed by atoms with Crippen LogP contribution < -0.4 is 0 Å². The van der Waals surface area contributed by atoms with E-state index in [1.807, 2.05) is 41.7 Å². The van der Waals surface area contributed by atoms with Gasteiger partial charge in [0, 0.05) is 41.2 Å². The van der Waals surface area contributed by atoms with Crippen LogP contribution in [-0.2, 0) is 0 Å². The fourth-order valence-electron chi connectivity index (χ4n) is 3.93. The third-order valence-corrected chi connectivity index (χ3v) is 6.98. The molecule has 0 radical (unpaired) electrons. The van der Waals surface area contributed by atoms with E-state index in [1.165, 1.54) is 20.2 Å². The summed E-state index contributed by atoms with van der Waals surface area (Å²) < 4.78 is 3.63. The van der Waals surface area contributed by atoms with Crippen molar-refractivity contribution in [3.05, 3.63) is 95.5 Å². The first kappa shape index (κ1) is 17.8. The second-order valence-electron chi connectivity index (χ2n) is 7.23. The maximum Gasteiger partial charge on any atom is 0.160 e. The van der Waals surface area contributed by atoms with Gasteiger partial charge in [0.15, 0.2) is 5.82 Å². The van der Waals surface area contributed by atoms with Crippen molar-refractivity contribution in [2.45, 2.75) is 0 Å². The third-order valence-electron chi connectivity index (χ3n) is 5.34. The summed E-state index contributed by atoms with van der Waals surface area (Å²) in [6, 6.07) is 31.6. The minimum absolute atomic E-state index is 0.736. The van der Waals surface area contributed by atoms with Crippen molar-refractivity contribution in [1.82, 2.24) is 9.97 Å². The number of para-hydroxylation sites is 1. The molecular formula is C26H15BrN2S. The predicted molar refractivity (Wildman–Crippen MR) is 131 cm³/mol. The minimum atomic E-state index is 0.736. The van der Waals surface area contributed by atoms with Gasteiger partial charge in [-0.25, -0.2) is 9.97 Å². The van der Waals surface area contributed by atoms with E-state index in [9.17, 15) is 0 Å². The Labute approximate surface area is 186 Å². The molecule has 0 aliphatic rings. The Morgan fingerprint density at radius 3 is 2.30 bits per heavy atom. The Bertz CT molecular complexity index is 1570. The largest absolute Gasteiger partial charge is 0.228 e. The molecule has 0 aliphatic heterocycles. The van der Waals surface area contributed by atoms with Gasteiger partial charge in [-0.3, -0.25) is 0 Å². The quantitative estimate of drug-likeness (QED) is 0.257. The van der Waals surface area contributed by atoms with E-state index in [1.54, 1.807) is 0 Å². The second kappa shape index (κ2) is 7.01. The highest BCUT2D eigenvalue weighted by Gasteiger charge is 2.13. The van der Waals surface area contributed by atoms with Gasteiger partial charge in [0.2, 0.25) is 0 Å². The van der Waals surface area contributed by atoms with Crippen molar-refractivity contribution in [3.63, 3.8) is 0 Å². The van der Waals surface area contributed by atoms with Crippen LogP contribution >= 0.6 is 27.3 Å². The van der Waals surface area contributed by atoms with Crippen LogP contribution in [0.15, 0.2) is 95.5 Å². The highest BCUT2D eigenvalue weighted by molar-refractivity contribution is 9.10. The maximum absolute atomic E-state index is 5.03. The summed E-state index contributed by atoms with van der Waals surface area (Å²) in [5, 5.41) is 3.64. The lowest BCUT2D eigenvalue weighted by Gasteiger charge is -2.10. The molecule has 0 saturated heterocycles. The van der Waals surface area contributed by atoms with Crippen LogP contribution in [0.25, 0.3) is 53.7 Å². The topological polar surface area (TPSA) is 25.8 Å². The molecule has 0 aliphatic carbocycles. The lowest BCUT2D eigenvalue weighted by atomic mass is 10.0. The Kier molecular flexibility index (Phi) is 4.15. The number of nitrogens with zero attached hydrogens (tertiary/aromatic N) is 2. The molecule has 0 amide bonds. The number of rotatable bonds is 2. The van der Waals surface area contributed by atoms with Crippen molar-refractivity contribution in [3.8, 4) is 22.6 Å². The first-order valence-electron chi connectivity index (χ1n) is 9.71. The van der Waals surface area contributed by atoms with Crippen LogP contribution in [0.2, 0.25) is 0 Å². The van der Waals surface area contributed by atoms with Gasteiger partial charge in [-0.1, -0.05) is 70.5 Å². The number of hydrogen-bond donors (Lipinski definition) is 0. The molecule has 0 fully saturated rings. The highest BCUT2D eigenvalue weighted by atomic mass is 79.9. The number of hydrogen-bond acceptors (Lipinski definition) is 3. The van der Waals surface area contributed by atoms with Crippen LogP contribution in [0.1, 0.15) is 0 Å². The fourth-order valence-corrected chi connectivity index (χ4v) is 5.41. The summed E-state index contributed by atoms with van der Waals surface area (Å²) in [5.41, 5.74) is 4.03. The number of aromatic nitrogens is 2. The highest BCUT2D eigenvalue weighted by Crippen LogP contribution is 2.37. The van der Waals surface area contributed by atoms with Gasteiger partial charge in [0.05, 0.1) is 11.2 Å². The van der Waals surface area contributed by atoms with E-state index in [0.717, 1.165) is 38.0 Å². The molecule has 4 aromatic carbocycles. The molecule has 0 atom stereocenters.